The maximum Gasteiger partial charge on any atom is 0.127 e. The predicted octanol–water partition coefficient (Wildman–Crippen LogP) is 4.74. The molecule has 1 heterocycles. The third kappa shape index (κ3) is 5.00. The Kier molecular flexibility index (Phi) is 6.91. The van der Waals surface area contributed by atoms with Gasteiger partial charge in [-0.1, -0.05) is 48.5 Å². The minimum Gasteiger partial charge on any atom is -0.497 e. The molecular formula is C28H33NO4. The number of hydrogen-bond donors (Lipinski definition) is 2. The van der Waals surface area contributed by atoms with Crippen LogP contribution in [0, 0.1) is 0 Å². The molecule has 0 spiro atoms. The van der Waals surface area contributed by atoms with Crippen LogP contribution >= 0.6 is 0 Å². The highest BCUT2D eigenvalue weighted by atomic mass is 16.5. The van der Waals surface area contributed by atoms with Gasteiger partial charge >= 0.3 is 0 Å². The second-order valence-corrected chi connectivity index (χ2v) is 9.07. The van der Waals surface area contributed by atoms with E-state index in [0.717, 1.165) is 22.8 Å². The summed E-state index contributed by atoms with van der Waals surface area (Å²) in [6.07, 6.45) is -0.546. The molecule has 0 fully saturated rings. The van der Waals surface area contributed by atoms with Crippen LogP contribution in [-0.2, 0) is 0 Å². The Morgan fingerprint density at radius 3 is 2.33 bits per heavy atom. The summed E-state index contributed by atoms with van der Waals surface area (Å²) in [7, 11) is 3.48. The molecule has 5 nitrogen and oxygen atoms in total. The van der Waals surface area contributed by atoms with Crippen molar-refractivity contribution in [2.24, 2.45) is 0 Å². The predicted molar refractivity (Wildman–Crippen MR) is 131 cm³/mol. The van der Waals surface area contributed by atoms with E-state index in [1.54, 1.807) is 7.11 Å². The Hall–Kier alpha value is -3.02. The van der Waals surface area contributed by atoms with Gasteiger partial charge in [0.25, 0.3) is 0 Å². The van der Waals surface area contributed by atoms with Gasteiger partial charge in [-0.2, -0.15) is 0 Å². The number of hydrogen-bond acceptors (Lipinski definition) is 5. The van der Waals surface area contributed by atoms with Crippen molar-refractivity contribution in [3.8, 4) is 17.2 Å². The van der Waals surface area contributed by atoms with Gasteiger partial charge in [0.15, 0.2) is 0 Å². The number of ether oxygens (including phenoxy) is 3. The number of aliphatic hydroxyl groups is 1. The number of benzene rings is 3. The third-order valence-corrected chi connectivity index (χ3v) is 6.29. The topological polar surface area (TPSA) is 60.0 Å². The van der Waals surface area contributed by atoms with E-state index in [1.165, 1.54) is 11.1 Å². The second-order valence-electron chi connectivity index (χ2n) is 9.07. The first-order valence-electron chi connectivity index (χ1n) is 11.4. The number of methoxy groups -OCH3 is 1. The van der Waals surface area contributed by atoms with Crippen LogP contribution in [0.5, 0.6) is 17.2 Å². The largest absolute Gasteiger partial charge is 0.497 e. The molecule has 33 heavy (non-hydrogen) atoms. The van der Waals surface area contributed by atoms with Crippen LogP contribution in [0.3, 0.4) is 0 Å². The standard InChI is InChI=1S/C28H33NO4/c1-28(2)27(20-8-6-5-7-9-20)26(24-15-14-23(31-4)16-25(24)33-28)19-10-12-22(13-11-19)32-18-21(30)17-29-3/h5-16,21,26-27,29-30H,17-18H2,1-4H3/t21-,26-,27+/m1/s1. The Balaban J connectivity index is 1.72. The molecule has 3 aromatic rings. The molecule has 1 aliphatic rings. The zero-order valence-corrected chi connectivity index (χ0v) is 19.7. The van der Waals surface area contributed by atoms with Crippen LogP contribution in [0.25, 0.3) is 0 Å². The van der Waals surface area contributed by atoms with Crippen LogP contribution in [0.2, 0.25) is 0 Å². The van der Waals surface area contributed by atoms with Crippen molar-refractivity contribution >= 4 is 0 Å². The van der Waals surface area contributed by atoms with Crippen molar-refractivity contribution in [1.29, 1.82) is 0 Å². The summed E-state index contributed by atoms with van der Waals surface area (Å²) in [5, 5.41) is 12.9. The molecule has 0 bridgehead atoms. The molecule has 0 saturated carbocycles. The first-order chi connectivity index (χ1) is 15.9. The summed E-state index contributed by atoms with van der Waals surface area (Å²) < 4.78 is 17.8. The molecule has 174 valence electrons. The lowest BCUT2D eigenvalue weighted by Gasteiger charge is -2.45. The SMILES string of the molecule is CNC[C@@H](O)COc1ccc([C@@H]2c3ccc(OC)cc3OC(C)(C)[C@H]2c2ccccc2)cc1. The summed E-state index contributed by atoms with van der Waals surface area (Å²) in [5.41, 5.74) is 3.14. The van der Waals surface area contributed by atoms with E-state index in [9.17, 15) is 5.11 Å². The molecule has 0 saturated heterocycles. The Bertz CT molecular complexity index is 1050. The normalized spacial score (nSPS) is 19.8. The maximum absolute atomic E-state index is 9.93. The van der Waals surface area contributed by atoms with Crippen molar-refractivity contribution < 1.29 is 19.3 Å². The molecule has 3 aromatic carbocycles. The van der Waals surface area contributed by atoms with E-state index in [0.29, 0.717) is 6.54 Å². The van der Waals surface area contributed by atoms with E-state index >= 15 is 0 Å². The molecule has 5 heteroatoms. The number of aliphatic hydroxyl groups excluding tert-OH is 1. The Morgan fingerprint density at radius 1 is 0.970 bits per heavy atom. The van der Waals surface area contributed by atoms with Crippen LogP contribution in [0.1, 0.15) is 42.4 Å². The van der Waals surface area contributed by atoms with Gasteiger partial charge in [-0.05, 0) is 50.2 Å². The number of fused-ring (bicyclic) bond motifs is 1. The average Bonchev–Trinajstić information content (AvgIpc) is 2.82. The lowest BCUT2D eigenvalue weighted by molar-refractivity contribution is 0.0528. The highest BCUT2D eigenvalue weighted by Gasteiger charge is 2.45. The summed E-state index contributed by atoms with van der Waals surface area (Å²) in [6, 6.07) is 24.9. The van der Waals surface area contributed by atoms with Gasteiger partial charge in [0.05, 0.1) is 7.11 Å². The minimum absolute atomic E-state index is 0.0981. The van der Waals surface area contributed by atoms with E-state index in [4.69, 9.17) is 14.2 Å². The molecule has 3 atom stereocenters. The Morgan fingerprint density at radius 2 is 1.67 bits per heavy atom. The highest BCUT2D eigenvalue weighted by molar-refractivity contribution is 5.52. The second kappa shape index (κ2) is 9.86. The maximum atomic E-state index is 9.93. The fourth-order valence-electron chi connectivity index (χ4n) is 4.80. The van der Waals surface area contributed by atoms with Crippen molar-refractivity contribution in [3.63, 3.8) is 0 Å². The molecule has 0 amide bonds. The average molecular weight is 448 g/mol. The number of likely N-dealkylation sites (N-methyl/N-ethyl adjacent to an activating group) is 1. The van der Waals surface area contributed by atoms with Gasteiger partial charge in [0.1, 0.15) is 35.6 Å². The van der Waals surface area contributed by atoms with Crippen molar-refractivity contribution in [2.45, 2.75) is 37.4 Å². The molecule has 1 aliphatic heterocycles. The lowest BCUT2D eigenvalue weighted by atomic mass is 9.68. The minimum atomic E-state index is -0.546. The fraction of sp³-hybridized carbons (Fsp3) is 0.357. The van der Waals surface area contributed by atoms with E-state index in [1.807, 2.05) is 37.4 Å². The van der Waals surface area contributed by atoms with E-state index in [2.05, 4.69) is 61.6 Å². The third-order valence-electron chi connectivity index (χ3n) is 6.29. The van der Waals surface area contributed by atoms with Crippen molar-refractivity contribution in [3.05, 3.63) is 89.5 Å². The Labute approximate surface area is 196 Å². The monoisotopic (exact) mass is 447 g/mol. The van der Waals surface area contributed by atoms with Crippen LogP contribution in [-0.4, -0.2) is 44.1 Å². The molecule has 2 N–H and O–H groups in total. The van der Waals surface area contributed by atoms with Gasteiger partial charge < -0.3 is 24.6 Å². The van der Waals surface area contributed by atoms with E-state index in [-0.39, 0.29) is 18.4 Å². The van der Waals surface area contributed by atoms with Crippen molar-refractivity contribution in [2.75, 3.05) is 27.3 Å². The summed E-state index contributed by atoms with van der Waals surface area (Å²) in [5.74, 6) is 2.59. The van der Waals surface area contributed by atoms with Gasteiger partial charge in [0, 0.05) is 30.0 Å². The van der Waals surface area contributed by atoms with E-state index < -0.39 is 11.7 Å². The lowest BCUT2D eigenvalue weighted by Crippen LogP contribution is -2.43. The summed E-state index contributed by atoms with van der Waals surface area (Å²) in [6.45, 7) is 5.05. The van der Waals surface area contributed by atoms with Crippen LogP contribution in [0.15, 0.2) is 72.8 Å². The van der Waals surface area contributed by atoms with Gasteiger partial charge in [-0.25, -0.2) is 0 Å². The number of nitrogens with one attached hydrogen (secondary N) is 1. The molecule has 0 unspecified atom stereocenters. The fourth-order valence-corrected chi connectivity index (χ4v) is 4.80. The highest BCUT2D eigenvalue weighted by Crippen LogP contribution is 2.53. The first kappa shape index (κ1) is 23.1. The summed E-state index contributed by atoms with van der Waals surface area (Å²) in [4.78, 5) is 0. The zero-order chi connectivity index (χ0) is 23.4. The quantitative estimate of drug-likeness (QED) is 0.522. The molecule has 0 aliphatic carbocycles. The summed E-state index contributed by atoms with van der Waals surface area (Å²) >= 11 is 0. The first-order valence-corrected chi connectivity index (χ1v) is 11.4. The smallest absolute Gasteiger partial charge is 0.127 e. The van der Waals surface area contributed by atoms with Crippen LogP contribution < -0.4 is 19.5 Å². The molecule has 0 radical (unpaired) electrons. The van der Waals surface area contributed by atoms with Crippen LogP contribution in [0.4, 0.5) is 0 Å². The van der Waals surface area contributed by atoms with Gasteiger partial charge in [-0.15, -0.1) is 0 Å². The molecule has 0 aromatic heterocycles. The number of rotatable bonds is 8. The van der Waals surface area contributed by atoms with Crippen molar-refractivity contribution in [1.82, 2.24) is 5.32 Å². The molecular weight excluding hydrogens is 414 g/mol. The molecule has 4 rings (SSSR count). The zero-order valence-electron chi connectivity index (χ0n) is 19.7. The van der Waals surface area contributed by atoms with Gasteiger partial charge in [0.2, 0.25) is 0 Å². The van der Waals surface area contributed by atoms with Gasteiger partial charge in [-0.3, -0.25) is 0 Å².